The Morgan fingerprint density at radius 3 is 2.94 bits per heavy atom. The predicted octanol–water partition coefficient (Wildman–Crippen LogP) is 3.15. The summed E-state index contributed by atoms with van der Waals surface area (Å²) in [5.41, 5.74) is 1.20. The number of rotatable bonds is 6. The van der Waals surface area contributed by atoms with Crippen LogP contribution in [-0.2, 0) is 10.1 Å². The van der Waals surface area contributed by atoms with Gasteiger partial charge in [-0.05, 0) is 13.8 Å². The average Bonchev–Trinajstić information content (AvgIpc) is 2.89. The molecule has 2 aromatic heterocycles. The van der Waals surface area contributed by atoms with E-state index >= 15 is 0 Å². The molecule has 0 radical (unpaired) electrons. The van der Waals surface area contributed by atoms with Crippen LogP contribution in [0.4, 0.5) is 5.82 Å². The molecule has 0 aliphatic rings. The summed E-state index contributed by atoms with van der Waals surface area (Å²) in [6, 6.07) is 0.405. The largest absolute Gasteiger partial charge is 0.383 e. The van der Waals surface area contributed by atoms with Gasteiger partial charge in [-0.25, -0.2) is 4.98 Å². The van der Waals surface area contributed by atoms with Crippen molar-refractivity contribution in [2.45, 2.75) is 25.2 Å². The van der Waals surface area contributed by atoms with Crippen LogP contribution in [0.15, 0.2) is 11.6 Å². The first-order chi connectivity index (χ1) is 8.69. The molecule has 18 heavy (non-hydrogen) atoms. The number of methoxy groups -OCH3 is 1. The van der Waals surface area contributed by atoms with Crippen LogP contribution < -0.4 is 4.90 Å². The van der Waals surface area contributed by atoms with E-state index in [1.165, 1.54) is 5.69 Å². The smallest absolute Gasteiger partial charge is 0.195 e. The second-order valence-corrected chi connectivity index (χ2v) is 5.79. The van der Waals surface area contributed by atoms with E-state index in [9.17, 15) is 0 Å². The van der Waals surface area contributed by atoms with Crippen LogP contribution in [-0.4, -0.2) is 35.7 Å². The number of thiazole rings is 1. The summed E-state index contributed by atoms with van der Waals surface area (Å²) in [6.45, 7) is 5.94. The Hall–Kier alpha value is -0.590. The average molecular weight is 332 g/mol. The Morgan fingerprint density at radius 1 is 1.56 bits per heavy atom. The van der Waals surface area contributed by atoms with E-state index in [4.69, 9.17) is 9.72 Å². The van der Waals surface area contributed by atoms with Crippen LogP contribution in [0.1, 0.15) is 19.5 Å². The number of alkyl halides is 1. The van der Waals surface area contributed by atoms with E-state index in [0.717, 1.165) is 22.7 Å². The third-order valence-electron chi connectivity index (χ3n) is 2.90. The van der Waals surface area contributed by atoms with Crippen LogP contribution >= 0.6 is 27.3 Å². The molecule has 6 heteroatoms. The number of anilines is 1. The minimum Gasteiger partial charge on any atom is -0.383 e. The van der Waals surface area contributed by atoms with Gasteiger partial charge in [0.1, 0.15) is 0 Å². The minimum atomic E-state index is 0.405. The first-order valence-electron chi connectivity index (χ1n) is 5.95. The molecule has 0 aliphatic carbocycles. The molecule has 0 fully saturated rings. The molecule has 2 rings (SSSR count). The second kappa shape index (κ2) is 6.04. The third kappa shape index (κ3) is 2.55. The highest BCUT2D eigenvalue weighted by Gasteiger charge is 2.20. The van der Waals surface area contributed by atoms with Gasteiger partial charge >= 0.3 is 0 Å². The van der Waals surface area contributed by atoms with Crippen molar-refractivity contribution in [3.63, 3.8) is 0 Å². The Kier molecular flexibility index (Phi) is 4.64. The molecule has 0 aromatic carbocycles. The quantitative estimate of drug-likeness (QED) is 0.761. The maximum Gasteiger partial charge on any atom is 0.195 e. The molecule has 0 atom stereocenters. The van der Waals surface area contributed by atoms with Gasteiger partial charge in [-0.2, -0.15) is 0 Å². The topological polar surface area (TPSA) is 29.8 Å². The molecule has 2 aromatic rings. The molecular formula is C12H18BrN3OS. The lowest BCUT2D eigenvalue weighted by atomic mass is 10.3. The fraction of sp³-hybridized carbons (Fsp3) is 0.583. The lowest BCUT2D eigenvalue weighted by molar-refractivity contribution is 0.203. The summed E-state index contributed by atoms with van der Waals surface area (Å²) < 4.78 is 7.34. The van der Waals surface area contributed by atoms with E-state index in [2.05, 4.69) is 50.7 Å². The van der Waals surface area contributed by atoms with Gasteiger partial charge in [0, 0.05) is 36.6 Å². The van der Waals surface area contributed by atoms with Gasteiger partial charge in [0.05, 0.1) is 12.3 Å². The van der Waals surface area contributed by atoms with Gasteiger partial charge in [0.15, 0.2) is 10.8 Å². The zero-order chi connectivity index (χ0) is 13.1. The monoisotopic (exact) mass is 331 g/mol. The van der Waals surface area contributed by atoms with E-state index in [0.29, 0.717) is 12.6 Å². The van der Waals surface area contributed by atoms with Crippen LogP contribution in [0.2, 0.25) is 0 Å². The number of ether oxygens (including phenoxy) is 1. The van der Waals surface area contributed by atoms with Gasteiger partial charge in [0.2, 0.25) is 0 Å². The number of imidazole rings is 1. The summed E-state index contributed by atoms with van der Waals surface area (Å²) >= 11 is 5.23. The molecule has 0 saturated carbocycles. The van der Waals surface area contributed by atoms with Crippen LogP contribution in [0, 0.1) is 0 Å². The Balaban J connectivity index is 2.39. The van der Waals surface area contributed by atoms with Crippen molar-refractivity contribution in [3.8, 4) is 0 Å². The van der Waals surface area contributed by atoms with Crippen molar-refractivity contribution in [2.24, 2.45) is 0 Å². The first kappa shape index (κ1) is 13.8. The lowest BCUT2D eigenvalue weighted by Gasteiger charge is -2.27. The molecule has 0 amide bonds. The summed E-state index contributed by atoms with van der Waals surface area (Å²) in [5.74, 6) is 1.06. The highest BCUT2D eigenvalue weighted by molar-refractivity contribution is 9.08. The van der Waals surface area contributed by atoms with Crippen molar-refractivity contribution in [3.05, 3.63) is 17.3 Å². The summed E-state index contributed by atoms with van der Waals surface area (Å²) in [6.07, 6.45) is 2.07. The number of fused-ring (bicyclic) bond motifs is 1. The van der Waals surface area contributed by atoms with Crippen molar-refractivity contribution in [1.82, 2.24) is 9.38 Å². The van der Waals surface area contributed by atoms with Crippen molar-refractivity contribution in [2.75, 3.05) is 25.2 Å². The van der Waals surface area contributed by atoms with Crippen LogP contribution in [0.3, 0.4) is 0 Å². The SMILES string of the molecule is COCCN(c1nc2sccn2c1CBr)C(C)C. The van der Waals surface area contributed by atoms with Gasteiger partial charge < -0.3 is 9.64 Å². The van der Waals surface area contributed by atoms with Gasteiger partial charge in [-0.3, -0.25) is 4.40 Å². The maximum absolute atomic E-state index is 5.19. The number of nitrogens with zero attached hydrogens (tertiary/aromatic N) is 3. The van der Waals surface area contributed by atoms with E-state index in [1.807, 2.05) is 0 Å². The number of halogens is 1. The summed E-state index contributed by atoms with van der Waals surface area (Å²) in [4.78, 5) is 8.08. The van der Waals surface area contributed by atoms with E-state index in [-0.39, 0.29) is 0 Å². The van der Waals surface area contributed by atoms with E-state index < -0.39 is 0 Å². The van der Waals surface area contributed by atoms with Gasteiger partial charge in [-0.1, -0.05) is 15.9 Å². The van der Waals surface area contributed by atoms with Crippen molar-refractivity contribution in [1.29, 1.82) is 0 Å². The van der Waals surface area contributed by atoms with E-state index in [1.54, 1.807) is 18.4 Å². The molecule has 0 aliphatic heterocycles. The van der Waals surface area contributed by atoms with Crippen LogP contribution in [0.25, 0.3) is 4.96 Å². The third-order valence-corrected chi connectivity index (χ3v) is 4.19. The molecular weight excluding hydrogens is 314 g/mol. The molecule has 0 unspecified atom stereocenters. The van der Waals surface area contributed by atoms with Crippen molar-refractivity contribution < 1.29 is 4.74 Å². The molecule has 0 bridgehead atoms. The number of aromatic nitrogens is 2. The van der Waals surface area contributed by atoms with Gasteiger partial charge in [0.25, 0.3) is 0 Å². The molecule has 2 heterocycles. The minimum absolute atomic E-state index is 0.405. The fourth-order valence-electron chi connectivity index (χ4n) is 1.97. The highest BCUT2D eigenvalue weighted by atomic mass is 79.9. The second-order valence-electron chi connectivity index (χ2n) is 4.35. The Labute approximate surface area is 120 Å². The predicted molar refractivity (Wildman–Crippen MR) is 80.1 cm³/mol. The van der Waals surface area contributed by atoms with Crippen LogP contribution in [0.5, 0.6) is 0 Å². The maximum atomic E-state index is 5.19. The normalized spacial score (nSPS) is 11.6. The molecule has 0 saturated heterocycles. The standard InChI is InChI=1S/C12H18BrN3OS/c1-9(2)15(4-6-17-3)11-10(8-13)16-5-7-18-12(16)14-11/h5,7,9H,4,6,8H2,1-3H3. The molecule has 4 nitrogen and oxygen atoms in total. The first-order valence-corrected chi connectivity index (χ1v) is 7.95. The van der Waals surface area contributed by atoms with Crippen molar-refractivity contribution >= 4 is 38.0 Å². The zero-order valence-electron chi connectivity index (χ0n) is 10.9. The molecule has 100 valence electrons. The molecule has 0 spiro atoms. The summed E-state index contributed by atoms with van der Waals surface area (Å²) in [5, 5.41) is 2.86. The highest BCUT2D eigenvalue weighted by Crippen LogP contribution is 2.27. The van der Waals surface area contributed by atoms with Gasteiger partial charge in [-0.15, -0.1) is 11.3 Å². The lowest BCUT2D eigenvalue weighted by Crippen LogP contribution is -2.34. The number of hydrogen-bond donors (Lipinski definition) is 0. The zero-order valence-corrected chi connectivity index (χ0v) is 13.3. The Bertz CT molecular complexity index is 508. The molecule has 0 N–H and O–H groups in total. The number of hydrogen-bond acceptors (Lipinski definition) is 4. The summed E-state index contributed by atoms with van der Waals surface area (Å²) in [7, 11) is 1.73. The Morgan fingerprint density at radius 2 is 2.33 bits per heavy atom. The fourth-order valence-corrected chi connectivity index (χ4v) is 3.22.